The van der Waals surface area contributed by atoms with Gasteiger partial charge in [-0.2, -0.15) is 0 Å². The summed E-state index contributed by atoms with van der Waals surface area (Å²) in [5.74, 6) is 0.591. The molecule has 1 aliphatic carbocycles. The summed E-state index contributed by atoms with van der Waals surface area (Å²) in [5.41, 5.74) is 2.04. The first-order chi connectivity index (χ1) is 8.47. The van der Waals surface area contributed by atoms with Crippen LogP contribution in [0, 0.1) is 5.92 Å². The van der Waals surface area contributed by atoms with E-state index in [1.807, 2.05) is 18.2 Å². The number of aliphatic hydroxyl groups excluding tert-OH is 2. The van der Waals surface area contributed by atoms with Gasteiger partial charge in [-0.15, -0.1) is 0 Å². The SMILES string of the molecule is CC(O)c1ccc(N(C)CC2CC(O)C2)c(Br)c1. The van der Waals surface area contributed by atoms with Crippen LogP contribution < -0.4 is 4.90 Å². The number of hydrogen-bond donors (Lipinski definition) is 2. The monoisotopic (exact) mass is 313 g/mol. The van der Waals surface area contributed by atoms with Crippen LogP contribution in [0.1, 0.15) is 31.4 Å². The van der Waals surface area contributed by atoms with Crippen molar-refractivity contribution < 1.29 is 10.2 Å². The Morgan fingerprint density at radius 1 is 1.44 bits per heavy atom. The molecule has 1 unspecified atom stereocenters. The van der Waals surface area contributed by atoms with Gasteiger partial charge in [-0.25, -0.2) is 0 Å². The summed E-state index contributed by atoms with van der Waals surface area (Å²) in [4.78, 5) is 2.20. The van der Waals surface area contributed by atoms with Crippen molar-refractivity contribution in [1.29, 1.82) is 0 Å². The van der Waals surface area contributed by atoms with Crippen LogP contribution in [-0.4, -0.2) is 29.9 Å². The van der Waals surface area contributed by atoms with E-state index in [1.165, 1.54) is 0 Å². The lowest BCUT2D eigenvalue weighted by molar-refractivity contribution is 0.0464. The summed E-state index contributed by atoms with van der Waals surface area (Å²) in [7, 11) is 2.06. The van der Waals surface area contributed by atoms with Crippen LogP contribution in [0.2, 0.25) is 0 Å². The van der Waals surface area contributed by atoms with Gasteiger partial charge in [0, 0.05) is 18.1 Å². The molecule has 1 saturated carbocycles. The number of anilines is 1. The summed E-state index contributed by atoms with van der Waals surface area (Å²) in [5, 5.41) is 18.8. The van der Waals surface area contributed by atoms with E-state index in [4.69, 9.17) is 0 Å². The topological polar surface area (TPSA) is 43.7 Å². The van der Waals surface area contributed by atoms with Crippen LogP contribution >= 0.6 is 15.9 Å². The van der Waals surface area contributed by atoms with E-state index in [0.29, 0.717) is 5.92 Å². The third-order valence-corrected chi connectivity index (χ3v) is 4.24. The molecule has 0 aromatic heterocycles. The highest BCUT2D eigenvalue weighted by Gasteiger charge is 2.28. The molecule has 18 heavy (non-hydrogen) atoms. The van der Waals surface area contributed by atoms with Crippen molar-refractivity contribution in [3.63, 3.8) is 0 Å². The Hall–Kier alpha value is -0.580. The van der Waals surface area contributed by atoms with Crippen LogP contribution in [0.15, 0.2) is 22.7 Å². The van der Waals surface area contributed by atoms with E-state index in [0.717, 1.165) is 35.1 Å². The average Bonchev–Trinajstić information content (AvgIpc) is 2.26. The summed E-state index contributed by atoms with van der Waals surface area (Å²) in [6.45, 7) is 2.73. The van der Waals surface area contributed by atoms with Gasteiger partial charge < -0.3 is 15.1 Å². The number of nitrogens with zero attached hydrogens (tertiary/aromatic N) is 1. The first kappa shape index (κ1) is 13.8. The van der Waals surface area contributed by atoms with Gasteiger partial charge in [0.1, 0.15) is 0 Å². The minimum Gasteiger partial charge on any atom is -0.393 e. The summed E-state index contributed by atoms with van der Waals surface area (Å²) >= 11 is 3.56. The number of hydrogen-bond acceptors (Lipinski definition) is 3. The average molecular weight is 314 g/mol. The predicted octanol–water partition coefficient (Wildman–Crippen LogP) is 2.71. The van der Waals surface area contributed by atoms with Gasteiger partial charge in [-0.05, 0) is 59.3 Å². The first-order valence-corrected chi connectivity index (χ1v) is 7.13. The largest absolute Gasteiger partial charge is 0.393 e. The molecule has 0 bridgehead atoms. The number of rotatable bonds is 4. The lowest BCUT2D eigenvalue weighted by Gasteiger charge is -2.35. The molecular formula is C14H20BrNO2. The van der Waals surface area contributed by atoms with E-state index >= 15 is 0 Å². The second-order valence-electron chi connectivity index (χ2n) is 5.26. The number of halogens is 1. The summed E-state index contributed by atoms with van der Waals surface area (Å²) in [6.07, 6.45) is 1.29. The predicted molar refractivity (Wildman–Crippen MR) is 76.8 cm³/mol. The van der Waals surface area contributed by atoms with Crippen molar-refractivity contribution in [2.24, 2.45) is 5.92 Å². The lowest BCUT2D eigenvalue weighted by atomic mass is 9.82. The second-order valence-corrected chi connectivity index (χ2v) is 6.11. The van der Waals surface area contributed by atoms with Crippen molar-refractivity contribution >= 4 is 21.6 Å². The molecule has 100 valence electrons. The maximum Gasteiger partial charge on any atom is 0.0762 e. The Balaban J connectivity index is 2.03. The number of aliphatic hydroxyl groups is 2. The molecule has 0 spiro atoms. The van der Waals surface area contributed by atoms with Crippen LogP contribution in [0.4, 0.5) is 5.69 Å². The molecule has 3 nitrogen and oxygen atoms in total. The van der Waals surface area contributed by atoms with Gasteiger partial charge in [-0.1, -0.05) is 6.07 Å². The Morgan fingerprint density at radius 3 is 2.61 bits per heavy atom. The Morgan fingerprint density at radius 2 is 2.11 bits per heavy atom. The molecule has 0 saturated heterocycles. The molecule has 4 heteroatoms. The zero-order valence-electron chi connectivity index (χ0n) is 10.8. The van der Waals surface area contributed by atoms with Crippen molar-refractivity contribution in [1.82, 2.24) is 0 Å². The highest BCUT2D eigenvalue weighted by Crippen LogP contribution is 2.32. The zero-order valence-corrected chi connectivity index (χ0v) is 12.4. The quantitative estimate of drug-likeness (QED) is 0.898. The Labute approximate surface area is 117 Å². The third-order valence-electron chi connectivity index (χ3n) is 3.61. The molecule has 1 aromatic carbocycles. The van der Waals surface area contributed by atoms with Crippen LogP contribution in [0.25, 0.3) is 0 Å². The van der Waals surface area contributed by atoms with Crippen LogP contribution in [0.3, 0.4) is 0 Å². The van der Waals surface area contributed by atoms with Crippen molar-refractivity contribution in [2.75, 3.05) is 18.5 Å². The fourth-order valence-corrected chi connectivity index (χ4v) is 3.13. The fraction of sp³-hybridized carbons (Fsp3) is 0.571. The maximum atomic E-state index is 9.54. The molecule has 2 N–H and O–H groups in total. The Kier molecular flexibility index (Phi) is 4.30. The van der Waals surface area contributed by atoms with Gasteiger partial charge >= 0.3 is 0 Å². The molecule has 2 rings (SSSR count). The van der Waals surface area contributed by atoms with Gasteiger partial charge in [0.25, 0.3) is 0 Å². The molecule has 1 atom stereocenters. The molecular weight excluding hydrogens is 294 g/mol. The Bertz CT molecular complexity index is 416. The molecule has 1 aliphatic rings. The number of benzene rings is 1. The normalized spacial score (nSPS) is 24.5. The lowest BCUT2D eigenvalue weighted by Crippen LogP contribution is -2.37. The fourth-order valence-electron chi connectivity index (χ4n) is 2.43. The smallest absolute Gasteiger partial charge is 0.0762 e. The van der Waals surface area contributed by atoms with E-state index in [-0.39, 0.29) is 6.10 Å². The minimum atomic E-state index is -0.442. The van der Waals surface area contributed by atoms with Crippen molar-refractivity contribution in [2.45, 2.75) is 32.0 Å². The highest BCUT2D eigenvalue weighted by atomic mass is 79.9. The maximum absolute atomic E-state index is 9.54. The van der Waals surface area contributed by atoms with Crippen molar-refractivity contribution in [3.05, 3.63) is 28.2 Å². The second kappa shape index (κ2) is 5.59. The summed E-state index contributed by atoms with van der Waals surface area (Å²) < 4.78 is 1.00. The molecule has 1 aromatic rings. The van der Waals surface area contributed by atoms with Crippen LogP contribution in [-0.2, 0) is 0 Å². The van der Waals surface area contributed by atoms with E-state index in [2.05, 4.69) is 27.9 Å². The van der Waals surface area contributed by atoms with Crippen molar-refractivity contribution in [3.8, 4) is 0 Å². The van der Waals surface area contributed by atoms with Gasteiger partial charge in [0.05, 0.1) is 17.9 Å². The standard InChI is InChI=1S/C14H20BrNO2/c1-9(17)11-3-4-14(13(15)7-11)16(2)8-10-5-12(18)6-10/h3-4,7,9-10,12,17-18H,5-6,8H2,1-2H3. The van der Waals surface area contributed by atoms with Gasteiger partial charge in [-0.3, -0.25) is 0 Å². The molecule has 0 aliphatic heterocycles. The molecule has 1 fully saturated rings. The molecule has 0 radical (unpaired) electrons. The van der Waals surface area contributed by atoms with E-state index < -0.39 is 6.10 Å². The molecule has 0 amide bonds. The van der Waals surface area contributed by atoms with Gasteiger partial charge in [0.2, 0.25) is 0 Å². The first-order valence-electron chi connectivity index (χ1n) is 6.34. The van der Waals surface area contributed by atoms with Crippen LogP contribution in [0.5, 0.6) is 0 Å². The van der Waals surface area contributed by atoms with E-state index in [1.54, 1.807) is 6.92 Å². The van der Waals surface area contributed by atoms with Gasteiger partial charge in [0.15, 0.2) is 0 Å². The minimum absolute atomic E-state index is 0.0931. The van der Waals surface area contributed by atoms with E-state index in [9.17, 15) is 10.2 Å². The summed E-state index contributed by atoms with van der Waals surface area (Å²) in [6, 6.07) is 5.95. The highest BCUT2D eigenvalue weighted by molar-refractivity contribution is 9.10. The third kappa shape index (κ3) is 3.05. The zero-order chi connectivity index (χ0) is 13.3. The molecule has 0 heterocycles.